The second-order valence-electron chi connectivity index (χ2n) is 6.23. The van der Waals surface area contributed by atoms with Crippen LogP contribution in [0.1, 0.15) is 43.0 Å². The molecule has 1 atom stereocenters. The number of nitrogens with zero attached hydrogens (tertiary/aromatic N) is 1. The van der Waals surface area contributed by atoms with Crippen LogP contribution >= 0.6 is 12.4 Å². The normalized spacial score (nSPS) is 16.2. The molecule has 0 spiro atoms. The number of methoxy groups -OCH3 is 1. The second kappa shape index (κ2) is 9.64. The number of rotatable bonds is 6. The first-order valence-corrected chi connectivity index (χ1v) is 8.22. The van der Waals surface area contributed by atoms with E-state index < -0.39 is 0 Å². The number of piperidine rings is 1. The predicted molar refractivity (Wildman–Crippen MR) is 96.8 cm³/mol. The summed E-state index contributed by atoms with van der Waals surface area (Å²) in [5.41, 5.74) is 6.53. The van der Waals surface area contributed by atoms with Gasteiger partial charge in [0.1, 0.15) is 5.75 Å². The van der Waals surface area contributed by atoms with Gasteiger partial charge in [0.2, 0.25) is 5.91 Å². The van der Waals surface area contributed by atoms with Gasteiger partial charge in [-0.1, -0.05) is 0 Å². The van der Waals surface area contributed by atoms with Crippen LogP contribution < -0.4 is 10.5 Å². The van der Waals surface area contributed by atoms with E-state index in [0.29, 0.717) is 11.5 Å². The molecule has 1 aromatic carbocycles. The highest BCUT2D eigenvalue weighted by molar-refractivity contribution is 5.98. The Morgan fingerprint density at radius 3 is 2.29 bits per heavy atom. The Hall–Kier alpha value is -1.59. The summed E-state index contributed by atoms with van der Waals surface area (Å²) >= 11 is 0. The van der Waals surface area contributed by atoms with Crippen LogP contribution in [0.25, 0.3) is 0 Å². The van der Waals surface area contributed by atoms with Crippen molar-refractivity contribution in [2.75, 3.05) is 20.2 Å². The van der Waals surface area contributed by atoms with Crippen molar-refractivity contribution < 1.29 is 14.3 Å². The molecule has 0 aromatic heterocycles. The predicted octanol–water partition coefficient (Wildman–Crippen LogP) is 2.67. The minimum Gasteiger partial charge on any atom is -0.497 e. The molecule has 1 amide bonds. The van der Waals surface area contributed by atoms with E-state index in [1.807, 2.05) is 11.8 Å². The summed E-state index contributed by atoms with van der Waals surface area (Å²) in [6, 6.07) is 7.17. The standard InChI is InChI=1S/C18H26N2O3.ClH/c1-13(19)14-9-11-20(12-10-14)18(22)8-7-17(21)15-3-5-16(23-2)6-4-15;/h3-6,13-14H,7-12,19H2,1-2H3;1H. The molecule has 0 radical (unpaired) electrons. The molecule has 1 aliphatic rings. The van der Waals surface area contributed by atoms with Crippen molar-refractivity contribution in [3.8, 4) is 5.75 Å². The molecule has 6 heteroatoms. The summed E-state index contributed by atoms with van der Waals surface area (Å²) in [5, 5.41) is 0. The van der Waals surface area contributed by atoms with E-state index in [-0.39, 0.29) is 43.0 Å². The van der Waals surface area contributed by atoms with Gasteiger partial charge in [-0.3, -0.25) is 9.59 Å². The SMILES string of the molecule is COc1ccc(C(=O)CCC(=O)N2CCC(C(C)N)CC2)cc1.Cl. The van der Waals surface area contributed by atoms with Crippen molar-refractivity contribution in [1.82, 2.24) is 4.90 Å². The van der Waals surface area contributed by atoms with E-state index >= 15 is 0 Å². The number of amides is 1. The number of ether oxygens (including phenoxy) is 1. The molecule has 2 N–H and O–H groups in total. The summed E-state index contributed by atoms with van der Waals surface area (Å²) in [6.45, 7) is 3.53. The van der Waals surface area contributed by atoms with Crippen LogP contribution in [0.3, 0.4) is 0 Å². The van der Waals surface area contributed by atoms with Gasteiger partial charge in [0.05, 0.1) is 7.11 Å². The van der Waals surface area contributed by atoms with Gasteiger partial charge in [-0.15, -0.1) is 12.4 Å². The lowest BCUT2D eigenvalue weighted by atomic mass is 9.91. The molecule has 2 rings (SSSR count). The number of carbonyl (C=O) groups excluding carboxylic acids is 2. The fourth-order valence-electron chi connectivity index (χ4n) is 2.97. The molecule has 1 fully saturated rings. The van der Waals surface area contributed by atoms with E-state index in [2.05, 4.69) is 0 Å². The number of carbonyl (C=O) groups is 2. The number of hydrogen-bond donors (Lipinski definition) is 1. The van der Waals surface area contributed by atoms with Crippen molar-refractivity contribution >= 4 is 24.1 Å². The number of halogens is 1. The third-order valence-corrected chi connectivity index (χ3v) is 4.61. The average Bonchev–Trinajstić information content (AvgIpc) is 2.59. The molecule has 1 saturated heterocycles. The highest BCUT2D eigenvalue weighted by atomic mass is 35.5. The Morgan fingerprint density at radius 2 is 1.79 bits per heavy atom. The fourth-order valence-corrected chi connectivity index (χ4v) is 2.97. The van der Waals surface area contributed by atoms with Crippen LogP contribution in [0, 0.1) is 5.92 Å². The third kappa shape index (κ3) is 5.49. The molecule has 0 saturated carbocycles. The largest absolute Gasteiger partial charge is 0.497 e. The van der Waals surface area contributed by atoms with Gasteiger partial charge in [-0.25, -0.2) is 0 Å². The summed E-state index contributed by atoms with van der Waals surface area (Å²) in [7, 11) is 1.59. The molecule has 1 aliphatic heterocycles. The van der Waals surface area contributed by atoms with E-state index in [1.165, 1.54) is 0 Å². The van der Waals surface area contributed by atoms with Gasteiger partial charge >= 0.3 is 0 Å². The average molecular weight is 355 g/mol. The van der Waals surface area contributed by atoms with Crippen LogP contribution in [0.5, 0.6) is 5.75 Å². The Morgan fingerprint density at radius 1 is 1.21 bits per heavy atom. The highest BCUT2D eigenvalue weighted by Gasteiger charge is 2.24. The van der Waals surface area contributed by atoms with Crippen LogP contribution in [-0.2, 0) is 4.79 Å². The van der Waals surface area contributed by atoms with Gasteiger partial charge in [-0.2, -0.15) is 0 Å². The van der Waals surface area contributed by atoms with Crippen LogP contribution in [0.15, 0.2) is 24.3 Å². The summed E-state index contributed by atoms with van der Waals surface area (Å²) in [5.74, 6) is 1.27. The molecule has 5 nitrogen and oxygen atoms in total. The monoisotopic (exact) mass is 354 g/mol. The molecule has 0 aliphatic carbocycles. The van der Waals surface area contributed by atoms with E-state index in [1.54, 1.807) is 31.4 Å². The molecular weight excluding hydrogens is 328 g/mol. The molecule has 1 heterocycles. The highest BCUT2D eigenvalue weighted by Crippen LogP contribution is 2.20. The van der Waals surface area contributed by atoms with Crippen LogP contribution in [-0.4, -0.2) is 42.8 Å². The Balaban J connectivity index is 0.00000288. The van der Waals surface area contributed by atoms with Crippen molar-refractivity contribution in [2.45, 2.75) is 38.6 Å². The van der Waals surface area contributed by atoms with Crippen LogP contribution in [0.2, 0.25) is 0 Å². The molecule has 24 heavy (non-hydrogen) atoms. The zero-order valence-electron chi connectivity index (χ0n) is 14.4. The summed E-state index contributed by atoms with van der Waals surface area (Å²) in [6.07, 6.45) is 2.43. The first kappa shape index (κ1) is 20.5. The van der Waals surface area contributed by atoms with Crippen molar-refractivity contribution in [3.05, 3.63) is 29.8 Å². The molecular formula is C18H27ClN2O3. The lowest BCUT2D eigenvalue weighted by molar-refractivity contribution is -0.132. The van der Waals surface area contributed by atoms with Gasteiger partial charge in [0.25, 0.3) is 0 Å². The maximum atomic E-state index is 12.2. The maximum absolute atomic E-state index is 12.2. The van der Waals surface area contributed by atoms with E-state index in [0.717, 1.165) is 31.7 Å². The lowest BCUT2D eigenvalue weighted by Crippen LogP contribution is -2.42. The van der Waals surface area contributed by atoms with E-state index in [4.69, 9.17) is 10.5 Å². The molecule has 1 aromatic rings. The van der Waals surface area contributed by atoms with Gasteiger partial charge in [0, 0.05) is 37.5 Å². The first-order valence-electron chi connectivity index (χ1n) is 8.22. The quantitative estimate of drug-likeness (QED) is 0.797. The number of benzene rings is 1. The Kier molecular flexibility index (Phi) is 8.22. The summed E-state index contributed by atoms with van der Waals surface area (Å²) < 4.78 is 5.07. The summed E-state index contributed by atoms with van der Waals surface area (Å²) in [4.78, 5) is 26.2. The molecule has 134 valence electrons. The van der Waals surface area contributed by atoms with Crippen molar-refractivity contribution in [3.63, 3.8) is 0 Å². The number of likely N-dealkylation sites (tertiary alicyclic amines) is 1. The van der Waals surface area contributed by atoms with Gasteiger partial charge in [0.15, 0.2) is 5.78 Å². The number of Topliss-reactive ketones (excluding diaryl/α,β-unsaturated/α-hetero) is 1. The number of nitrogens with two attached hydrogens (primary N) is 1. The number of hydrogen-bond acceptors (Lipinski definition) is 4. The van der Waals surface area contributed by atoms with E-state index in [9.17, 15) is 9.59 Å². The fraction of sp³-hybridized carbons (Fsp3) is 0.556. The van der Waals surface area contributed by atoms with Gasteiger partial charge < -0.3 is 15.4 Å². The second-order valence-corrected chi connectivity index (χ2v) is 6.23. The number of ketones is 1. The minimum absolute atomic E-state index is 0. The van der Waals surface area contributed by atoms with Crippen molar-refractivity contribution in [2.24, 2.45) is 11.7 Å². The smallest absolute Gasteiger partial charge is 0.223 e. The Bertz CT molecular complexity index is 538. The Labute approximate surface area is 149 Å². The molecule has 1 unspecified atom stereocenters. The van der Waals surface area contributed by atoms with Crippen molar-refractivity contribution in [1.29, 1.82) is 0 Å². The third-order valence-electron chi connectivity index (χ3n) is 4.61. The maximum Gasteiger partial charge on any atom is 0.223 e. The first-order chi connectivity index (χ1) is 11.0. The molecule has 0 bridgehead atoms. The lowest BCUT2D eigenvalue weighted by Gasteiger charge is -2.33. The zero-order valence-corrected chi connectivity index (χ0v) is 15.2. The zero-order chi connectivity index (χ0) is 16.8. The van der Waals surface area contributed by atoms with Crippen LogP contribution in [0.4, 0.5) is 0 Å². The topological polar surface area (TPSA) is 72.6 Å². The minimum atomic E-state index is -0.00790. The van der Waals surface area contributed by atoms with Gasteiger partial charge in [-0.05, 0) is 49.9 Å².